The minimum atomic E-state index is -0.274. The van der Waals surface area contributed by atoms with Gasteiger partial charge >= 0.3 is 7.12 Å². The first kappa shape index (κ1) is 12.2. The first-order valence-corrected chi connectivity index (χ1v) is 6.26. The maximum Gasteiger partial charge on any atom is 0.494 e. The Labute approximate surface area is 107 Å². The first-order valence-electron chi connectivity index (χ1n) is 6.26. The molecule has 0 bridgehead atoms. The van der Waals surface area contributed by atoms with Crippen molar-refractivity contribution in [3.63, 3.8) is 0 Å². The van der Waals surface area contributed by atoms with Crippen LogP contribution in [0.1, 0.15) is 5.56 Å². The largest absolute Gasteiger partial charge is 0.494 e. The molecule has 2 fully saturated rings. The summed E-state index contributed by atoms with van der Waals surface area (Å²) in [7, 11) is 1.40. The summed E-state index contributed by atoms with van der Waals surface area (Å²) in [5, 5.41) is 0. The van der Waals surface area contributed by atoms with E-state index in [0.717, 1.165) is 5.46 Å². The number of ether oxygens (including phenoxy) is 2. The van der Waals surface area contributed by atoms with Gasteiger partial charge in [0.05, 0.1) is 25.4 Å². The highest BCUT2D eigenvalue weighted by molar-refractivity contribution is 6.61. The second kappa shape index (κ2) is 5.01. The van der Waals surface area contributed by atoms with E-state index in [4.69, 9.17) is 18.8 Å². The van der Waals surface area contributed by atoms with Crippen molar-refractivity contribution in [2.75, 3.05) is 20.3 Å². The molecule has 1 aromatic carbocycles. The summed E-state index contributed by atoms with van der Waals surface area (Å²) >= 11 is 0. The van der Waals surface area contributed by atoms with Gasteiger partial charge in [0.15, 0.2) is 0 Å². The molecule has 3 atom stereocenters. The summed E-state index contributed by atoms with van der Waals surface area (Å²) in [4.78, 5) is 0. The molecule has 96 valence electrons. The number of hydrogen-bond acceptors (Lipinski definition) is 4. The highest BCUT2D eigenvalue weighted by Gasteiger charge is 2.49. The second-order valence-corrected chi connectivity index (χ2v) is 4.84. The first-order chi connectivity index (χ1) is 8.78. The highest BCUT2D eigenvalue weighted by Crippen LogP contribution is 2.27. The highest BCUT2D eigenvalue weighted by atomic mass is 16.7. The van der Waals surface area contributed by atoms with Gasteiger partial charge in [-0.25, -0.2) is 0 Å². The van der Waals surface area contributed by atoms with Gasteiger partial charge in [-0.2, -0.15) is 0 Å². The molecule has 3 rings (SSSR count). The molecule has 0 aliphatic carbocycles. The van der Waals surface area contributed by atoms with Crippen molar-refractivity contribution in [3.8, 4) is 0 Å². The van der Waals surface area contributed by atoms with Crippen LogP contribution in [0.5, 0.6) is 0 Å². The van der Waals surface area contributed by atoms with Gasteiger partial charge < -0.3 is 18.8 Å². The molecular formula is C13H17BO4. The Morgan fingerprint density at radius 3 is 2.78 bits per heavy atom. The number of benzene rings is 1. The van der Waals surface area contributed by atoms with Crippen LogP contribution >= 0.6 is 0 Å². The molecule has 0 aromatic heterocycles. The zero-order valence-electron chi connectivity index (χ0n) is 10.7. The molecule has 2 saturated heterocycles. The topological polar surface area (TPSA) is 36.9 Å². The summed E-state index contributed by atoms with van der Waals surface area (Å²) in [6.45, 7) is 3.20. The van der Waals surface area contributed by atoms with Crippen LogP contribution in [0.4, 0.5) is 0 Å². The third-order valence-electron chi connectivity index (χ3n) is 3.47. The normalized spacial score (nSPS) is 30.8. The van der Waals surface area contributed by atoms with Gasteiger partial charge in [0.2, 0.25) is 0 Å². The van der Waals surface area contributed by atoms with E-state index in [0.29, 0.717) is 13.2 Å². The maximum atomic E-state index is 5.95. The molecule has 0 N–H and O–H groups in total. The van der Waals surface area contributed by atoms with E-state index in [1.807, 2.05) is 12.1 Å². The molecule has 18 heavy (non-hydrogen) atoms. The maximum absolute atomic E-state index is 5.95. The monoisotopic (exact) mass is 248 g/mol. The summed E-state index contributed by atoms with van der Waals surface area (Å²) in [6, 6.07) is 8.24. The SMILES string of the molecule is COCC1OCC2OB(c3ccc(C)cc3)OC12. The molecule has 2 aliphatic heterocycles. The summed E-state index contributed by atoms with van der Waals surface area (Å²) in [5.41, 5.74) is 2.30. The molecule has 3 unspecified atom stereocenters. The van der Waals surface area contributed by atoms with Crippen LogP contribution in [0.15, 0.2) is 24.3 Å². The van der Waals surface area contributed by atoms with Crippen LogP contribution in [0.3, 0.4) is 0 Å². The fourth-order valence-corrected chi connectivity index (χ4v) is 2.46. The lowest BCUT2D eigenvalue weighted by molar-refractivity contribution is -0.00280. The molecule has 2 aliphatic rings. The fourth-order valence-electron chi connectivity index (χ4n) is 2.46. The quantitative estimate of drug-likeness (QED) is 0.731. The number of aryl methyl sites for hydroxylation is 1. The average Bonchev–Trinajstić information content (AvgIpc) is 2.93. The minimum absolute atomic E-state index is 0.0174. The van der Waals surface area contributed by atoms with Gasteiger partial charge in [-0.15, -0.1) is 0 Å². The van der Waals surface area contributed by atoms with Crippen LogP contribution in [0.2, 0.25) is 0 Å². The second-order valence-electron chi connectivity index (χ2n) is 4.84. The van der Waals surface area contributed by atoms with Crippen LogP contribution in [0, 0.1) is 6.92 Å². The van der Waals surface area contributed by atoms with E-state index in [2.05, 4.69) is 19.1 Å². The zero-order chi connectivity index (χ0) is 12.5. The lowest BCUT2D eigenvalue weighted by Gasteiger charge is -2.15. The Morgan fingerprint density at radius 2 is 2.06 bits per heavy atom. The molecule has 0 saturated carbocycles. The summed E-state index contributed by atoms with van der Waals surface area (Å²) in [6.07, 6.45) is -0.0110. The number of fused-ring (bicyclic) bond motifs is 1. The summed E-state index contributed by atoms with van der Waals surface area (Å²) < 4.78 is 22.6. The molecule has 0 spiro atoms. The predicted octanol–water partition coefficient (Wildman–Crippen LogP) is 0.519. The van der Waals surface area contributed by atoms with Crippen molar-refractivity contribution in [1.82, 2.24) is 0 Å². The van der Waals surface area contributed by atoms with Crippen molar-refractivity contribution in [2.45, 2.75) is 25.2 Å². The lowest BCUT2D eigenvalue weighted by atomic mass is 9.79. The molecule has 5 heteroatoms. The van der Waals surface area contributed by atoms with E-state index in [-0.39, 0.29) is 25.4 Å². The summed E-state index contributed by atoms with van der Waals surface area (Å²) in [5.74, 6) is 0. The molecule has 4 nitrogen and oxygen atoms in total. The van der Waals surface area contributed by atoms with Gasteiger partial charge in [-0.3, -0.25) is 0 Å². The number of hydrogen-bond donors (Lipinski definition) is 0. The van der Waals surface area contributed by atoms with Gasteiger partial charge in [-0.05, 0) is 12.4 Å². The average molecular weight is 248 g/mol. The van der Waals surface area contributed by atoms with Gasteiger partial charge in [0.25, 0.3) is 0 Å². The van der Waals surface area contributed by atoms with E-state index in [1.54, 1.807) is 7.11 Å². The molecule has 0 radical (unpaired) electrons. The van der Waals surface area contributed by atoms with E-state index >= 15 is 0 Å². The fraction of sp³-hybridized carbons (Fsp3) is 0.538. The van der Waals surface area contributed by atoms with Crippen LogP contribution < -0.4 is 5.46 Å². The van der Waals surface area contributed by atoms with Crippen LogP contribution in [-0.2, 0) is 18.8 Å². The number of rotatable bonds is 3. The Bertz CT molecular complexity index is 406. The number of methoxy groups -OCH3 is 1. The smallest absolute Gasteiger partial charge is 0.399 e. The van der Waals surface area contributed by atoms with Gasteiger partial charge in [0.1, 0.15) is 6.10 Å². The molecule has 1 aromatic rings. The molecule has 0 amide bonds. The van der Waals surface area contributed by atoms with Crippen molar-refractivity contribution < 1.29 is 18.8 Å². The van der Waals surface area contributed by atoms with Crippen molar-refractivity contribution in [3.05, 3.63) is 29.8 Å². The van der Waals surface area contributed by atoms with E-state index in [1.165, 1.54) is 5.56 Å². The Balaban J connectivity index is 1.70. The van der Waals surface area contributed by atoms with Gasteiger partial charge in [0, 0.05) is 7.11 Å². The van der Waals surface area contributed by atoms with E-state index in [9.17, 15) is 0 Å². The van der Waals surface area contributed by atoms with Crippen LogP contribution in [-0.4, -0.2) is 45.8 Å². The molecule has 2 heterocycles. The third kappa shape index (κ3) is 2.19. The van der Waals surface area contributed by atoms with Crippen molar-refractivity contribution in [2.24, 2.45) is 0 Å². The lowest BCUT2D eigenvalue weighted by Crippen LogP contribution is -2.36. The predicted molar refractivity (Wildman–Crippen MR) is 67.9 cm³/mol. The Kier molecular flexibility index (Phi) is 3.39. The Hall–Kier alpha value is -0.875. The Morgan fingerprint density at radius 1 is 1.28 bits per heavy atom. The third-order valence-corrected chi connectivity index (χ3v) is 3.47. The zero-order valence-corrected chi connectivity index (χ0v) is 10.7. The standard InChI is InChI=1S/C13H17BO4/c1-9-3-5-10(6-4-9)14-17-12-8-16-11(7-15-2)13(12)18-14/h3-6,11-13H,7-8H2,1-2H3. The van der Waals surface area contributed by atoms with Crippen LogP contribution in [0.25, 0.3) is 0 Å². The van der Waals surface area contributed by atoms with Crippen molar-refractivity contribution in [1.29, 1.82) is 0 Å². The van der Waals surface area contributed by atoms with Gasteiger partial charge in [-0.1, -0.05) is 29.8 Å². The van der Waals surface area contributed by atoms with Crippen molar-refractivity contribution >= 4 is 12.6 Å². The van der Waals surface area contributed by atoms with E-state index < -0.39 is 0 Å². The minimum Gasteiger partial charge on any atom is -0.399 e. The molecular weight excluding hydrogens is 231 g/mol.